The lowest BCUT2D eigenvalue weighted by Gasteiger charge is -2.22. The molecule has 0 spiro atoms. The summed E-state index contributed by atoms with van der Waals surface area (Å²) in [4.78, 5) is 6.16. The Bertz CT molecular complexity index is 674. The Balaban J connectivity index is 2.37. The predicted octanol–water partition coefficient (Wildman–Crippen LogP) is 3.35. The minimum Gasteiger partial charge on any atom is -0.369 e. The van der Waals surface area contributed by atoms with Gasteiger partial charge in [0, 0.05) is 24.8 Å². The lowest BCUT2D eigenvalue weighted by molar-refractivity contribution is 0.608. The second-order valence-electron chi connectivity index (χ2n) is 4.80. The van der Waals surface area contributed by atoms with Crippen molar-refractivity contribution in [2.75, 3.05) is 11.9 Å². The maximum atomic E-state index is 13.7. The van der Waals surface area contributed by atoms with Crippen molar-refractivity contribution in [3.63, 3.8) is 0 Å². The smallest absolute Gasteiger partial charge is 0.128 e. The summed E-state index contributed by atoms with van der Waals surface area (Å²) < 4.78 is 13.7. The Kier molecular flexibility index (Phi) is 3.99. The van der Waals surface area contributed by atoms with Crippen molar-refractivity contribution in [2.24, 2.45) is 0 Å². The van der Waals surface area contributed by atoms with Gasteiger partial charge in [-0.25, -0.2) is 4.39 Å². The zero-order valence-electron chi connectivity index (χ0n) is 11.8. The number of anilines is 1. The first-order valence-corrected chi connectivity index (χ1v) is 6.36. The molecule has 0 amide bonds. The molecule has 2 aromatic rings. The van der Waals surface area contributed by atoms with Gasteiger partial charge in [0.05, 0.1) is 16.9 Å². The SMILES string of the molecule is Cc1cc(N(C)Cc2ccccc2F)c(C#N)c(C)n1. The second-order valence-corrected chi connectivity index (χ2v) is 4.80. The standard InChI is InChI=1S/C16H16FN3/c1-11-8-16(14(9-18)12(2)19-11)20(3)10-13-6-4-5-7-15(13)17/h4-8H,10H2,1-3H3. The first kappa shape index (κ1) is 14.0. The van der Waals surface area contributed by atoms with Crippen LogP contribution < -0.4 is 4.90 Å². The van der Waals surface area contributed by atoms with E-state index in [2.05, 4.69) is 11.1 Å². The Morgan fingerprint density at radius 2 is 2.00 bits per heavy atom. The topological polar surface area (TPSA) is 39.9 Å². The third kappa shape index (κ3) is 2.77. The van der Waals surface area contributed by atoms with Crippen LogP contribution in [0.25, 0.3) is 0 Å². The van der Waals surface area contributed by atoms with Gasteiger partial charge in [0.25, 0.3) is 0 Å². The Hall–Kier alpha value is -2.41. The highest BCUT2D eigenvalue weighted by Crippen LogP contribution is 2.24. The third-order valence-corrected chi connectivity index (χ3v) is 3.20. The number of rotatable bonds is 3. The van der Waals surface area contributed by atoms with E-state index in [4.69, 9.17) is 0 Å². The normalized spacial score (nSPS) is 10.2. The first-order chi connectivity index (χ1) is 9.52. The van der Waals surface area contributed by atoms with Crippen LogP contribution in [0.15, 0.2) is 30.3 Å². The van der Waals surface area contributed by atoms with E-state index in [1.54, 1.807) is 18.2 Å². The van der Waals surface area contributed by atoms with Gasteiger partial charge in [0.1, 0.15) is 11.9 Å². The highest BCUT2D eigenvalue weighted by atomic mass is 19.1. The summed E-state index contributed by atoms with van der Waals surface area (Å²) in [5.74, 6) is -0.236. The summed E-state index contributed by atoms with van der Waals surface area (Å²) >= 11 is 0. The molecule has 0 fully saturated rings. The molecule has 0 N–H and O–H groups in total. The molecule has 0 atom stereocenters. The summed E-state index contributed by atoms with van der Waals surface area (Å²) in [6.07, 6.45) is 0. The molecule has 0 aliphatic carbocycles. The van der Waals surface area contributed by atoms with Crippen LogP contribution in [0.4, 0.5) is 10.1 Å². The molecule has 0 aliphatic heterocycles. The van der Waals surface area contributed by atoms with Crippen molar-refractivity contribution in [2.45, 2.75) is 20.4 Å². The number of hydrogen-bond acceptors (Lipinski definition) is 3. The van der Waals surface area contributed by atoms with Crippen LogP contribution in [0.3, 0.4) is 0 Å². The molecule has 0 saturated heterocycles. The lowest BCUT2D eigenvalue weighted by atomic mass is 10.1. The fourth-order valence-electron chi connectivity index (χ4n) is 2.21. The molecule has 0 aliphatic rings. The van der Waals surface area contributed by atoms with E-state index in [1.165, 1.54) is 6.07 Å². The molecule has 0 bridgehead atoms. The highest BCUT2D eigenvalue weighted by molar-refractivity contribution is 5.61. The lowest BCUT2D eigenvalue weighted by Crippen LogP contribution is -2.19. The van der Waals surface area contributed by atoms with E-state index >= 15 is 0 Å². The van der Waals surface area contributed by atoms with E-state index in [0.29, 0.717) is 23.4 Å². The van der Waals surface area contributed by atoms with Gasteiger partial charge < -0.3 is 4.90 Å². The summed E-state index contributed by atoms with van der Waals surface area (Å²) in [5.41, 5.74) is 3.46. The van der Waals surface area contributed by atoms with Crippen molar-refractivity contribution >= 4 is 5.69 Å². The monoisotopic (exact) mass is 269 g/mol. The maximum absolute atomic E-state index is 13.7. The number of pyridine rings is 1. The van der Waals surface area contributed by atoms with Crippen LogP contribution in [0.5, 0.6) is 0 Å². The van der Waals surface area contributed by atoms with E-state index in [0.717, 1.165) is 11.4 Å². The summed E-state index contributed by atoms with van der Waals surface area (Å²) in [6, 6.07) is 10.7. The van der Waals surface area contributed by atoms with E-state index in [9.17, 15) is 9.65 Å². The summed E-state index contributed by atoms with van der Waals surface area (Å²) in [7, 11) is 1.85. The van der Waals surface area contributed by atoms with Crippen molar-refractivity contribution in [1.82, 2.24) is 4.98 Å². The van der Waals surface area contributed by atoms with Gasteiger partial charge in [-0.2, -0.15) is 5.26 Å². The first-order valence-electron chi connectivity index (χ1n) is 6.36. The van der Waals surface area contributed by atoms with Crippen molar-refractivity contribution < 1.29 is 4.39 Å². The van der Waals surface area contributed by atoms with Gasteiger partial charge in [-0.1, -0.05) is 18.2 Å². The quantitative estimate of drug-likeness (QED) is 0.858. The van der Waals surface area contributed by atoms with Crippen LogP contribution in [0.1, 0.15) is 22.5 Å². The Morgan fingerprint density at radius 1 is 1.30 bits per heavy atom. The minimum absolute atomic E-state index is 0.236. The molecule has 2 rings (SSSR count). The van der Waals surface area contributed by atoms with Gasteiger partial charge in [-0.3, -0.25) is 4.98 Å². The third-order valence-electron chi connectivity index (χ3n) is 3.20. The zero-order chi connectivity index (χ0) is 14.7. The van der Waals surface area contributed by atoms with E-state index < -0.39 is 0 Å². The molecular formula is C16H16FN3. The van der Waals surface area contributed by atoms with Crippen LogP contribution in [-0.2, 0) is 6.54 Å². The van der Waals surface area contributed by atoms with Crippen molar-refractivity contribution in [3.05, 3.63) is 58.7 Å². The molecule has 20 heavy (non-hydrogen) atoms. The summed E-state index contributed by atoms with van der Waals surface area (Å²) in [6.45, 7) is 4.10. The maximum Gasteiger partial charge on any atom is 0.128 e. The average molecular weight is 269 g/mol. The van der Waals surface area contributed by atoms with Crippen LogP contribution >= 0.6 is 0 Å². The summed E-state index contributed by atoms with van der Waals surface area (Å²) in [5, 5.41) is 9.27. The van der Waals surface area contributed by atoms with E-state index in [-0.39, 0.29) is 5.82 Å². The number of aromatic nitrogens is 1. The zero-order valence-corrected chi connectivity index (χ0v) is 11.8. The number of hydrogen-bond donors (Lipinski definition) is 0. The minimum atomic E-state index is -0.236. The average Bonchev–Trinajstić information content (AvgIpc) is 2.40. The molecule has 0 saturated carbocycles. The molecule has 1 heterocycles. The number of halogens is 1. The fourth-order valence-corrected chi connectivity index (χ4v) is 2.21. The number of nitriles is 1. The largest absolute Gasteiger partial charge is 0.369 e. The highest BCUT2D eigenvalue weighted by Gasteiger charge is 2.13. The molecule has 1 aromatic heterocycles. The molecular weight excluding hydrogens is 253 g/mol. The Labute approximate surface area is 118 Å². The van der Waals surface area contributed by atoms with Gasteiger partial charge in [0.2, 0.25) is 0 Å². The van der Waals surface area contributed by atoms with Gasteiger partial charge in [-0.05, 0) is 26.0 Å². The van der Waals surface area contributed by atoms with Crippen molar-refractivity contribution in [1.29, 1.82) is 5.26 Å². The molecule has 0 unspecified atom stereocenters. The predicted molar refractivity (Wildman–Crippen MR) is 76.9 cm³/mol. The second kappa shape index (κ2) is 5.70. The molecule has 0 radical (unpaired) electrons. The van der Waals surface area contributed by atoms with Crippen LogP contribution in [0.2, 0.25) is 0 Å². The van der Waals surface area contributed by atoms with Gasteiger partial charge in [-0.15, -0.1) is 0 Å². The fraction of sp³-hybridized carbons (Fsp3) is 0.250. The molecule has 4 heteroatoms. The van der Waals surface area contributed by atoms with Crippen LogP contribution in [0, 0.1) is 31.0 Å². The molecule has 1 aromatic carbocycles. The van der Waals surface area contributed by atoms with Crippen LogP contribution in [-0.4, -0.2) is 12.0 Å². The van der Waals surface area contributed by atoms with Gasteiger partial charge in [0.15, 0.2) is 0 Å². The number of aryl methyl sites for hydroxylation is 2. The van der Waals surface area contributed by atoms with E-state index in [1.807, 2.05) is 31.9 Å². The molecule has 3 nitrogen and oxygen atoms in total. The number of benzene rings is 1. The number of nitrogens with zero attached hydrogens (tertiary/aromatic N) is 3. The Morgan fingerprint density at radius 3 is 2.65 bits per heavy atom. The molecule has 102 valence electrons. The van der Waals surface area contributed by atoms with Crippen molar-refractivity contribution in [3.8, 4) is 6.07 Å². The van der Waals surface area contributed by atoms with Gasteiger partial charge >= 0.3 is 0 Å².